The molecule has 1 heterocycles. The lowest BCUT2D eigenvalue weighted by Crippen LogP contribution is -2.13. The van der Waals surface area contributed by atoms with E-state index in [1.807, 2.05) is 0 Å². The van der Waals surface area contributed by atoms with E-state index in [0.29, 0.717) is 17.0 Å². The molecular weight excluding hydrogens is 268 g/mol. The first-order valence-electron chi connectivity index (χ1n) is 5.34. The number of nitrogens with one attached hydrogen (secondary N) is 2. The van der Waals surface area contributed by atoms with E-state index in [9.17, 15) is 8.42 Å². The molecule has 0 saturated heterocycles. The first-order chi connectivity index (χ1) is 9.03. The molecule has 0 fully saturated rings. The number of hydrogen-bond acceptors (Lipinski definition) is 5. The van der Waals surface area contributed by atoms with Gasteiger partial charge in [-0.25, -0.2) is 0 Å². The van der Waals surface area contributed by atoms with Gasteiger partial charge in [0.2, 0.25) is 0 Å². The Hall–Kier alpha value is -2.35. The van der Waals surface area contributed by atoms with Gasteiger partial charge in [-0.2, -0.15) is 13.5 Å². The third kappa shape index (κ3) is 2.91. The normalized spacial score (nSPS) is 12.4. The molecule has 0 bridgehead atoms. The molecule has 0 saturated carbocycles. The lowest BCUT2D eigenvalue weighted by molar-refractivity contribution is 0.319. The lowest BCUT2D eigenvalue weighted by Gasteiger charge is -2.07. The molecule has 8 heteroatoms. The van der Waals surface area contributed by atoms with Crippen molar-refractivity contribution < 1.29 is 13.6 Å². The van der Waals surface area contributed by atoms with Crippen LogP contribution in [0.4, 0.5) is 5.69 Å². The predicted octanol–water partition coefficient (Wildman–Crippen LogP) is 1.41. The summed E-state index contributed by atoms with van der Waals surface area (Å²) in [5.41, 5.74) is 1.38. The van der Waals surface area contributed by atoms with Crippen LogP contribution in [-0.4, -0.2) is 29.5 Å². The van der Waals surface area contributed by atoms with Crippen LogP contribution < -0.4 is 4.72 Å². The summed E-state index contributed by atoms with van der Waals surface area (Å²) in [7, 11) is -3.69. The number of benzene rings is 1. The van der Waals surface area contributed by atoms with E-state index in [4.69, 9.17) is 5.21 Å². The Balaban J connectivity index is 2.30. The number of hydrogen-bond donors (Lipinski definition) is 3. The molecule has 0 spiro atoms. The minimum atomic E-state index is -3.69. The van der Waals surface area contributed by atoms with Crippen molar-refractivity contribution in [2.45, 2.75) is 11.9 Å². The van der Waals surface area contributed by atoms with Gasteiger partial charge in [-0.15, -0.1) is 0 Å². The summed E-state index contributed by atoms with van der Waals surface area (Å²) in [6.45, 7) is 1.61. The van der Waals surface area contributed by atoms with Crippen LogP contribution in [-0.2, 0) is 10.0 Å². The molecule has 0 radical (unpaired) electrons. The van der Waals surface area contributed by atoms with Crippen LogP contribution in [0.5, 0.6) is 0 Å². The fourth-order valence-corrected chi connectivity index (χ4v) is 2.43. The van der Waals surface area contributed by atoms with Crippen LogP contribution in [0.15, 0.2) is 46.7 Å². The highest BCUT2D eigenvalue weighted by atomic mass is 32.2. The van der Waals surface area contributed by atoms with Gasteiger partial charge < -0.3 is 5.21 Å². The molecule has 1 aromatic carbocycles. The minimum Gasteiger partial charge on any atom is -0.411 e. The van der Waals surface area contributed by atoms with Crippen LogP contribution in [0.25, 0.3) is 0 Å². The second-order valence-electron chi connectivity index (χ2n) is 3.79. The molecule has 1 aromatic heterocycles. The predicted molar refractivity (Wildman–Crippen MR) is 69.8 cm³/mol. The average Bonchev–Trinajstić information content (AvgIpc) is 2.92. The molecular formula is C11H12N4O3S. The maximum Gasteiger partial charge on any atom is 0.278 e. The van der Waals surface area contributed by atoms with Crippen molar-refractivity contribution in [3.8, 4) is 0 Å². The molecule has 19 heavy (non-hydrogen) atoms. The maximum absolute atomic E-state index is 12.0. The van der Waals surface area contributed by atoms with Gasteiger partial charge in [0.25, 0.3) is 10.0 Å². The Morgan fingerprint density at radius 3 is 2.84 bits per heavy atom. The van der Waals surface area contributed by atoms with Crippen molar-refractivity contribution in [3.05, 3.63) is 42.1 Å². The summed E-state index contributed by atoms with van der Waals surface area (Å²) in [5, 5.41) is 17.7. The first-order valence-corrected chi connectivity index (χ1v) is 6.82. The molecule has 0 aliphatic rings. The first kappa shape index (κ1) is 13.1. The van der Waals surface area contributed by atoms with E-state index in [1.165, 1.54) is 12.3 Å². The zero-order valence-corrected chi connectivity index (χ0v) is 10.8. The van der Waals surface area contributed by atoms with Gasteiger partial charge in [-0.1, -0.05) is 17.3 Å². The van der Waals surface area contributed by atoms with Gasteiger partial charge in [0.1, 0.15) is 0 Å². The molecule has 0 aliphatic heterocycles. The van der Waals surface area contributed by atoms with Crippen LogP contribution in [0.2, 0.25) is 0 Å². The van der Waals surface area contributed by atoms with Crippen molar-refractivity contribution in [1.82, 2.24) is 10.2 Å². The third-order valence-electron chi connectivity index (χ3n) is 2.45. The molecule has 0 amide bonds. The fraction of sp³-hybridized carbons (Fsp3) is 0.0909. The minimum absolute atomic E-state index is 0.0227. The molecule has 0 aliphatic carbocycles. The Morgan fingerprint density at radius 2 is 2.21 bits per heavy atom. The highest BCUT2D eigenvalue weighted by Crippen LogP contribution is 2.16. The number of H-pyrrole nitrogens is 1. The largest absolute Gasteiger partial charge is 0.411 e. The molecule has 2 aromatic rings. The number of aromatic nitrogens is 2. The van der Waals surface area contributed by atoms with Crippen molar-refractivity contribution >= 4 is 21.4 Å². The van der Waals surface area contributed by atoms with E-state index < -0.39 is 10.0 Å². The molecule has 7 nitrogen and oxygen atoms in total. The Labute approximate surface area is 110 Å². The smallest absolute Gasteiger partial charge is 0.278 e. The fourth-order valence-electron chi connectivity index (χ4n) is 1.47. The molecule has 0 unspecified atom stereocenters. The van der Waals surface area contributed by atoms with Gasteiger partial charge in [0.05, 0.1) is 11.9 Å². The number of aromatic amines is 1. The summed E-state index contributed by atoms with van der Waals surface area (Å²) in [4.78, 5) is 0. The summed E-state index contributed by atoms with van der Waals surface area (Å²) < 4.78 is 26.3. The second kappa shape index (κ2) is 5.11. The van der Waals surface area contributed by atoms with E-state index in [-0.39, 0.29) is 5.03 Å². The van der Waals surface area contributed by atoms with Crippen molar-refractivity contribution in [2.24, 2.45) is 5.16 Å². The molecule has 100 valence electrons. The van der Waals surface area contributed by atoms with Crippen LogP contribution in [0, 0.1) is 0 Å². The van der Waals surface area contributed by atoms with Crippen molar-refractivity contribution in [1.29, 1.82) is 0 Å². The van der Waals surface area contributed by atoms with Gasteiger partial charge in [0, 0.05) is 11.3 Å². The number of sulfonamides is 1. The number of anilines is 1. The highest BCUT2D eigenvalue weighted by Gasteiger charge is 2.15. The van der Waals surface area contributed by atoms with Crippen LogP contribution in [0.3, 0.4) is 0 Å². The topological polar surface area (TPSA) is 107 Å². The van der Waals surface area contributed by atoms with Crippen molar-refractivity contribution in [3.63, 3.8) is 0 Å². The van der Waals surface area contributed by atoms with Gasteiger partial charge >= 0.3 is 0 Å². The summed E-state index contributed by atoms with van der Waals surface area (Å²) in [6.07, 6.45) is 1.35. The third-order valence-corrected chi connectivity index (χ3v) is 3.76. The van der Waals surface area contributed by atoms with Gasteiger partial charge in [0.15, 0.2) is 5.03 Å². The number of oxime groups is 1. The summed E-state index contributed by atoms with van der Waals surface area (Å²) in [5.74, 6) is 0. The van der Waals surface area contributed by atoms with E-state index in [0.717, 1.165) is 0 Å². The number of nitrogens with zero attached hydrogens (tertiary/aromatic N) is 2. The molecule has 3 N–H and O–H groups in total. The Bertz CT molecular complexity index is 692. The monoisotopic (exact) mass is 280 g/mol. The van der Waals surface area contributed by atoms with Crippen molar-refractivity contribution in [2.75, 3.05) is 4.72 Å². The Morgan fingerprint density at radius 1 is 1.42 bits per heavy atom. The second-order valence-corrected chi connectivity index (χ2v) is 5.44. The van der Waals surface area contributed by atoms with E-state index in [1.54, 1.807) is 31.2 Å². The zero-order valence-electron chi connectivity index (χ0n) is 10.0. The van der Waals surface area contributed by atoms with Crippen LogP contribution in [0.1, 0.15) is 12.5 Å². The van der Waals surface area contributed by atoms with Gasteiger partial charge in [-0.3, -0.25) is 9.82 Å². The summed E-state index contributed by atoms with van der Waals surface area (Å²) >= 11 is 0. The maximum atomic E-state index is 12.0. The average molecular weight is 280 g/mol. The van der Waals surface area contributed by atoms with Crippen LogP contribution >= 0.6 is 0 Å². The zero-order chi connectivity index (χ0) is 13.9. The Kier molecular flexibility index (Phi) is 3.52. The van der Waals surface area contributed by atoms with E-state index >= 15 is 0 Å². The SMILES string of the molecule is C/C(=N/O)c1cccc(NS(=O)(=O)c2ccn[nH]2)c1. The van der Waals surface area contributed by atoms with E-state index in [2.05, 4.69) is 20.1 Å². The summed E-state index contributed by atoms with van der Waals surface area (Å²) in [6, 6.07) is 7.90. The molecule has 0 atom stereocenters. The standard InChI is InChI=1S/C11H12N4O3S/c1-8(14-16)9-3-2-4-10(7-9)15-19(17,18)11-5-6-12-13-11/h2-7,15-16H,1H3,(H,12,13)/b14-8-. The highest BCUT2D eigenvalue weighted by molar-refractivity contribution is 7.92. The quantitative estimate of drug-likeness (QED) is 0.447. The van der Waals surface area contributed by atoms with Gasteiger partial charge in [-0.05, 0) is 25.1 Å². The number of rotatable bonds is 4. The molecule has 2 rings (SSSR count). The lowest BCUT2D eigenvalue weighted by atomic mass is 10.1.